The molecule has 0 aromatic carbocycles. The van der Waals surface area contributed by atoms with Crippen molar-refractivity contribution in [3.8, 4) is 0 Å². The Morgan fingerprint density at radius 2 is 1.38 bits per heavy atom. The molecule has 0 radical (unpaired) electrons. The van der Waals surface area contributed by atoms with Crippen molar-refractivity contribution in [2.75, 3.05) is 6.54 Å². The molecule has 0 atom stereocenters. The highest BCUT2D eigenvalue weighted by Crippen LogP contribution is 2.46. The third-order valence-corrected chi connectivity index (χ3v) is 12.8. The van der Waals surface area contributed by atoms with Crippen molar-refractivity contribution in [2.45, 2.75) is 103 Å². The average Bonchev–Trinajstić information content (AvgIpc) is 2.37. The molecule has 1 aliphatic carbocycles. The molecule has 0 N–H and O–H groups in total. The molecule has 0 amide bonds. The van der Waals surface area contributed by atoms with Gasteiger partial charge in [-0.05, 0) is 36.4 Å². The van der Waals surface area contributed by atoms with E-state index in [1.807, 2.05) is 0 Å². The lowest BCUT2D eigenvalue weighted by Crippen LogP contribution is -2.64. The van der Waals surface area contributed by atoms with Gasteiger partial charge in [0.1, 0.15) is 8.24 Å². The van der Waals surface area contributed by atoms with Crippen LogP contribution in [0.3, 0.4) is 0 Å². The van der Waals surface area contributed by atoms with Gasteiger partial charge in [-0.3, -0.25) is 0 Å². The summed E-state index contributed by atoms with van der Waals surface area (Å²) >= 11 is 0. The van der Waals surface area contributed by atoms with Crippen LogP contribution in [0.15, 0.2) is 12.2 Å². The van der Waals surface area contributed by atoms with Gasteiger partial charge in [0.2, 0.25) is 0 Å². The lowest BCUT2D eigenvalue weighted by molar-refractivity contribution is 0.246. The molecule has 0 spiro atoms. The quantitative estimate of drug-likeness (QED) is 0.390. The van der Waals surface area contributed by atoms with Gasteiger partial charge in [0.15, 0.2) is 0 Å². The highest BCUT2D eigenvalue weighted by molar-refractivity contribution is 6.81. The second-order valence-corrected chi connectivity index (χ2v) is 14.0. The Hall–Kier alpha value is -0.0831. The van der Waals surface area contributed by atoms with Gasteiger partial charge in [-0.2, -0.15) is 0 Å². The molecule has 0 aromatic heterocycles. The summed E-state index contributed by atoms with van der Waals surface area (Å²) < 4.78 is 3.01. The molecule has 1 saturated carbocycles. The van der Waals surface area contributed by atoms with Gasteiger partial charge in [0.05, 0.1) is 0 Å². The standard InChI is InChI=1S/C19H39NSi/c1-15(2)14-20(19-12-10-9-11-13-19)21(16(3)4,17(5)6)18(7)8/h16-19H,1,9-14H2,2-8H3. The number of hydrogen-bond acceptors (Lipinski definition) is 1. The van der Waals surface area contributed by atoms with Crippen LogP contribution in [0.1, 0.15) is 80.6 Å². The van der Waals surface area contributed by atoms with Gasteiger partial charge in [-0.25, -0.2) is 0 Å². The first kappa shape index (κ1) is 19.0. The average molecular weight is 310 g/mol. The van der Waals surface area contributed by atoms with E-state index in [0.717, 1.165) is 29.2 Å². The third-order valence-electron chi connectivity index (χ3n) is 5.73. The van der Waals surface area contributed by atoms with E-state index < -0.39 is 8.24 Å². The molecule has 0 heterocycles. The molecule has 2 heteroatoms. The lowest BCUT2D eigenvalue weighted by Gasteiger charge is -2.55. The third kappa shape index (κ3) is 4.01. The zero-order valence-corrected chi connectivity index (χ0v) is 16.7. The molecule has 0 unspecified atom stereocenters. The summed E-state index contributed by atoms with van der Waals surface area (Å²) in [6.45, 7) is 22.5. The zero-order valence-electron chi connectivity index (χ0n) is 15.7. The maximum Gasteiger partial charge on any atom is 0.136 e. The summed E-state index contributed by atoms with van der Waals surface area (Å²) in [5, 5.41) is 0. The van der Waals surface area contributed by atoms with E-state index in [0.29, 0.717) is 0 Å². The molecule has 124 valence electrons. The molecule has 0 aliphatic heterocycles. The van der Waals surface area contributed by atoms with Gasteiger partial charge in [0.25, 0.3) is 0 Å². The molecular weight excluding hydrogens is 270 g/mol. The van der Waals surface area contributed by atoms with E-state index in [-0.39, 0.29) is 0 Å². The highest BCUT2D eigenvalue weighted by Gasteiger charge is 2.50. The number of rotatable bonds is 7. The van der Waals surface area contributed by atoms with E-state index in [2.05, 4.69) is 59.6 Å². The van der Waals surface area contributed by atoms with Crippen LogP contribution in [-0.4, -0.2) is 25.4 Å². The van der Waals surface area contributed by atoms with Crippen molar-refractivity contribution in [3.05, 3.63) is 12.2 Å². The van der Waals surface area contributed by atoms with Crippen molar-refractivity contribution in [3.63, 3.8) is 0 Å². The molecule has 0 bridgehead atoms. The zero-order chi connectivity index (χ0) is 16.2. The van der Waals surface area contributed by atoms with Crippen LogP contribution >= 0.6 is 0 Å². The monoisotopic (exact) mass is 309 g/mol. The molecule has 0 aromatic rings. The van der Waals surface area contributed by atoms with Crippen LogP contribution in [0.5, 0.6) is 0 Å². The molecule has 1 aliphatic rings. The summed E-state index contributed by atoms with van der Waals surface area (Å²) in [5.74, 6) is 0. The lowest BCUT2D eigenvalue weighted by atomic mass is 9.95. The minimum Gasteiger partial charge on any atom is -0.316 e. The predicted octanol–water partition coefficient (Wildman–Crippen LogP) is 6.37. The van der Waals surface area contributed by atoms with Crippen LogP contribution in [0.4, 0.5) is 0 Å². The number of hydrogen-bond donors (Lipinski definition) is 0. The Labute approximate surface area is 135 Å². The largest absolute Gasteiger partial charge is 0.316 e. The minimum atomic E-state index is -1.53. The van der Waals surface area contributed by atoms with Crippen molar-refractivity contribution in [1.82, 2.24) is 4.57 Å². The molecule has 1 rings (SSSR count). The minimum absolute atomic E-state index is 0.804. The SMILES string of the molecule is C=C(C)CN(C1CCCCC1)[Si](C(C)C)(C(C)C)C(C)C. The first-order valence-corrected chi connectivity index (χ1v) is 11.3. The van der Waals surface area contributed by atoms with Crippen molar-refractivity contribution >= 4 is 8.24 Å². The molecular formula is C19H39NSi. The summed E-state index contributed by atoms with van der Waals surface area (Å²) in [6.07, 6.45) is 7.12. The van der Waals surface area contributed by atoms with Gasteiger partial charge in [0, 0.05) is 12.6 Å². The topological polar surface area (TPSA) is 3.24 Å². The Morgan fingerprint density at radius 1 is 0.952 bits per heavy atom. The fourth-order valence-electron chi connectivity index (χ4n) is 5.26. The van der Waals surface area contributed by atoms with Crippen molar-refractivity contribution in [2.24, 2.45) is 0 Å². The molecule has 21 heavy (non-hydrogen) atoms. The maximum atomic E-state index is 4.26. The van der Waals surface area contributed by atoms with Crippen molar-refractivity contribution in [1.29, 1.82) is 0 Å². The van der Waals surface area contributed by atoms with E-state index >= 15 is 0 Å². The second kappa shape index (κ2) is 7.96. The van der Waals surface area contributed by atoms with Gasteiger partial charge < -0.3 is 4.57 Å². The summed E-state index contributed by atoms with van der Waals surface area (Å²) in [4.78, 5) is 0. The van der Waals surface area contributed by atoms with E-state index in [1.165, 1.54) is 37.7 Å². The van der Waals surface area contributed by atoms with Crippen LogP contribution in [0.25, 0.3) is 0 Å². The molecule has 0 saturated heterocycles. The summed E-state index contributed by atoms with van der Waals surface area (Å²) in [7, 11) is -1.53. The van der Waals surface area contributed by atoms with Crippen LogP contribution in [0, 0.1) is 0 Å². The van der Waals surface area contributed by atoms with E-state index in [1.54, 1.807) is 0 Å². The van der Waals surface area contributed by atoms with Crippen LogP contribution in [-0.2, 0) is 0 Å². The summed E-state index contributed by atoms with van der Waals surface area (Å²) in [5.41, 5.74) is 3.76. The Kier molecular flexibility index (Phi) is 7.19. The summed E-state index contributed by atoms with van der Waals surface area (Å²) in [6, 6.07) is 0.814. The van der Waals surface area contributed by atoms with Crippen LogP contribution in [0.2, 0.25) is 16.6 Å². The Balaban J connectivity index is 3.24. The highest BCUT2D eigenvalue weighted by atomic mass is 28.3. The first-order valence-electron chi connectivity index (χ1n) is 9.15. The fourth-order valence-corrected chi connectivity index (χ4v) is 12.7. The smallest absolute Gasteiger partial charge is 0.136 e. The predicted molar refractivity (Wildman–Crippen MR) is 99.4 cm³/mol. The Morgan fingerprint density at radius 3 is 1.71 bits per heavy atom. The van der Waals surface area contributed by atoms with Gasteiger partial charge in [-0.1, -0.05) is 73.0 Å². The fraction of sp³-hybridized carbons (Fsp3) is 0.895. The molecule has 1 fully saturated rings. The van der Waals surface area contributed by atoms with Crippen molar-refractivity contribution < 1.29 is 0 Å². The number of nitrogens with zero attached hydrogens (tertiary/aromatic N) is 1. The molecule has 1 nitrogen and oxygen atoms in total. The first-order chi connectivity index (χ1) is 9.74. The maximum absolute atomic E-state index is 4.26. The van der Waals surface area contributed by atoms with E-state index in [9.17, 15) is 0 Å². The second-order valence-electron chi connectivity index (χ2n) is 8.23. The van der Waals surface area contributed by atoms with Crippen LogP contribution < -0.4 is 0 Å². The Bertz CT molecular complexity index is 305. The van der Waals surface area contributed by atoms with Gasteiger partial charge >= 0.3 is 0 Å². The van der Waals surface area contributed by atoms with Gasteiger partial charge in [-0.15, -0.1) is 0 Å². The van der Waals surface area contributed by atoms with E-state index in [4.69, 9.17) is 0 Å². The normalized spacial score (nSPS) is 18.2.